The molecule has 2 aliphatic heterocycles. The lowest BCUT2D eigenvalue weighted by atomic mass is 10.1. The first-order chi connectivity index (χ1) is 9.56. The number of carbonyl (C=O) groups excluding carboxylic acids is 1. The smallest absolute Gasteiger partial charge is 0.255 e. The molecule has 2 atom stereocenters. The number of carbonyl (C=O) groups is 1. The summed E-state index contributed by atoms with van der Waals surface area (Å²) in [5, 5.41) is 0. The first-order valence-corrected chi connectivity index (χ1v) is 8.13. The number of nitrogens with zero attached hydrogens (tertiary/aromatic N) is 2. The van der Waals surface area contributed by atoms with E-state index in [0.717, 1.165) is 29.5 Å². The Balaban J connectivity index is 1.80. The fourth-order valence-corrected chi connectivity index (χ4v) is 4.12. The highest BCUT2D eigenvalue weighted by atomic mass is 79.9. The average Bonchev–Trinajstić information content (AvgIpc) is 2.62. The molecule has 0 aliphatic carbocycles. The highest BCUT2D eigenvalue weighted by molar-refractivity contribution is 9.10. The van der Waals surface area contributed by atoms with E-state index in [-0.39, 0.29) is 5.91 Å². The summed E-state index contributed by atoms with van der Waals surface area (Å²) in [6.45, 7) is 3.79. The van der Waals surface area contributed by atoms with Crippen LogP contribution in [-0.2, 0) is 0 Å². The number of benzene rings is 1. The molecule has 2 unspecified atom stereocenters. The quantitative estimate of drug-likeness (QED) is 0.786. The van der Waals surface area contributed by atoms with E-state index in [1.54, 1.807) is 0 Å². The Morgan fingerprint density at radius 1 is 1.25 bits per heavy atom. The van der Waals surface area contributed by atoms with Gasteiger partial charge in [-0.05, 0) is 66.9 Å². The van der Waals surface area contributed by atoms with Gasteiger partial charge in [0.05, 0.1) is 5.56 Å². The number of amides is 1. The Labute approximate surface area is 129 Å². The summed E-state index contributed by atoms with van der Waals surface area (Å²) >= 11 is 3.53. The summed E-state index contributed by atoms with van der Waals surface area (Å²) < 4.78 is 0.908. The molecule has 1 aromatic carbocycles. The van der Waals surface area contributed by atoms with Crippen molar-refractivity contribution in [3.05, 3.63) is 33.8 Å². The van der Waals surface area contributed by atoms with E-state index in [9.17, 15) is 4.79 Å². The third-order valence-electron chi connectivity index (χ3n) is 4.79. The van der Waals surface area contributed by atoms with Crippen molar-refractivity contribution in [3.63, 3.8) is 0 Å². The Hall–Kier alpha value is -0.870. The Morgan fingerprint density at radius 2 is 2.00 bits per heavy atom. The summed E-state index contributed by atoms with van der Waals surface area (Å²) in [4.78, 5) is 17.3. The molecule has 2 aliphatic rings. The zero-order chi connectivity index (χ0) is 14.3. The van der Waals surface area contributed by atoms with Crippen LogP contribution in [-0.4, -0.2) is 47.9 Å². The normalized spacial score (nSPS) is 26.6. The van der Waals surface area contributed by atoms with Gasteiger partial charge in [-0.25, -0.2) is 0 Å². The molecule has 0 aromatic heterocycles. The first-order valence-electron chi connectivity index (χ1n) is 7.33. The Bertz CT molecular complexity index is 531. The van der Waals surface area contributed by atoms with Crippen molar-refractivity contribution in [2.24, 2.45) is 0 Å². The van der Waals surface area contributed by atoms with Gasteiger partial charge in [0.25, 0.3) is 5.91 Å². The standard InChI is InChI=1S/C16H21BrN2O/c1-11-3-6-14(15(17)9-11)16(20)19-8-7-12-4-5-13(10-19)18(12)2/h3,6,9,12-13H,4-5,7-8,10H2,1-2H3. The molecule has 0 radical (unpaired) electrons. The average molecular weight is 337 g/mol. The van der Waals surface area contributed by atoms with Crippen LogP contribution in [0.3, 0.4) is 0 Å². The largest absolute Gasteiger partial charge is 0.337 e. The zero-order valence-electron chi connectivity index (χ0n) is 12.1. The van der Waals surface area contributed by atoms with Crippen LogP contribution in [0.5, 0.6) is 0 Å². The van der Waals surface area contributed by atoms with Crippen LogP contribution in [0, 0.1) is 6.92 Å². The number of fused-ring (bicyclic) bond motifs is 2. The molecule has 2 heterocycles. The lowest BCUT2D eigenvalue weighted by Gasteiger charge is -2.26. The van der Waals surface area contributed by atoms with E-state index < -0.39 is 0 Å². The second-order valence-electron chi connectivity index (χ2n) is 6.07. The van der Waals surface area contributed by atoms with E-state index >= 15 is 0 Å². The molecule has 2 bridgehead atoms. The van der Waals surface area contributed by atoms with Crippen LogP contribution >= 0.6 is 15.9 Å². The van der Waals surface area contributed by atoms with Gasteiger partial charge in [-0.1, -0.05) is 6.07 Å². The van der Waals surface area contributed by atoms with Crippen molar-refractivity contribution in [1.82, 2.24) is 9.80 Å². The van der Waals surface area contributed by atoms with Crippen LogP contribution in [0.1, 0.15) is 35.2 Å². The number of likely N-dealkylation sites (tertiary alicyclic amines) is 1. The third-order valence-corrected chi connectivity index (χ3v) is 5.45. The number of hydrogen-bond acceptors (Lipinski definition) is 2. The highest BCUT2D eigenvalue weighted by Gasteiger charge is 2.36. The van der Waals surface area contributed by atoms with Crippen LogP contribution in [0.2, 0.25) is 0 Å². The molecule has 0 N–H and O–H groups in total. The predicted octanol–water partition coefficient (Wildman–Crippen LogP) is 3.07. The predicted molar refractivity (Wildman–Crippen MR) is 84.0 cm³/mol. The lowest BCUT2D eigenvalue weighted by molar-refractivity contribution is 0.0739. The fraction of sp³-hybridized carbons (Fsp3) is 0.562. The van der Waals surface area contributed by atoms with Crippen molar-refractivity contribution in [2.75, 3.05) is 20.1 Å². The minimum absolute atomic E-state index is 0.165. The molecular formula is C16H21BrN2O. The number of halogens is 1. The molecule has 1 amide bonds. The zero-order valence-corrected chi connectivity index (χ0v) is 13.7. The van der Waals surface area contributed by atoms with Crippen LogP contribution in [0.4, 0.5) is 0 Å². The van der Waals surface area contributed by atoms with Gasteiger partial charge in [-0.15, -0.1) is 0 Å². The molecule has 0 saturated carbocycles. The van der Waals surface area contributed by atoms with Gasteiger partial charge in [0.1, 0.15) is 0 Å². The van der Waals surface area contributed by atoms with E-state index in [1.807, 2.05) is 30.0 Å². The van der Waals surface area contributed by atoms with Crippen molar-refractivity contribution in [2.45, 2.75) is 38.3 Å². The van der Waals surface area contributed by atoms with Crippen molar-refractivity contribution < 1.29 is 4.79 Å². The molecule has 3 nitrogen and oxygen atoms in total. The summed E-state index contributed by atoms with van der Waals surface area (Å²) in [6.07, 6.45) is 3.61. The molecule has 2 saturated heterocycles. The minimum Gasteiger partial charge on any atom is -0.337 e. The van der Waals surface area contributed by atoms with E-state index in [4.69, 9.17) is 0 Å². The second-order valence-corrected chi connectivity index (χ2v) is 6.93. The van der Waals surface area contributed by atoms with E-state index in [2.05, 4.69) is 27.9 Å². The van der Waals surface area contributed by atoms with Gasteiger partial charge in [-0.2, -0.15) is 0 Å². The van der Waals surface area contributed by atoms with Gasteiger partial charge in [0.2, 0.25) is 0 Å². The summed E-state index contributed by atoms with van der Waals surface area (Å²) in [6, 6.07) is 7.17. The molecular weight excluding hydrogens is 316 g/mol. The molecule has 20 heavy (non-hydrogen) atoms. The van der Waals surface area contributed by atoms with Crippen molar-refractivity contribution in [1.29, 1.82) is 0 Å². The van der Waals surface area contributed by atoms with E-state index in [0.29, 0.717) is 12.1 Å². The van der Waals surface area contributed by atoms with E-state index in [1.165, 1.54) is 18.4 Å². The highest BCUT2D eigenvalue weighted by Crippen LogP contribution is 2.30. The van der Waals surface area contributed by atoms with Crippen LogP contribution in [0.25, 0.3) is 0 Å². The molecule has 2 fully saturated rings. The van der Waals surface area contributed by atoms with Gasteiger partial charge in [-0.3, -0.25) is 9.69 Å². The molecule has 0 spiro atoms. The maximum absolute atomic E-state index is 12.7. The molecule has 3 rings (SSSR count). The number of aryl methyl sites for hydroxylation is 1. The number of hydrogen-bond donors (Lipinski definition) is 0. The van der Waals surface area contributed by atoms with Crippen LogP contribution < -0.4 is 0 Å². The van der Waals surface area contributed by atoms with Gasteiger partial charge >= 0.3 is 0 Å². The molecule has 1 aromatic rings. The summed E-state index contributed by atoms with van der Waals surface area (Å²) in [5.74, 6) is 0.165. The monoisotopic (exact) mass is 336 g/mol. The number of likely N-dealkylation sites (N-methyl/N-ethyl adjacent to an activating group) is 1. The van der Waals surface area contributed by atoms with Crippen molar-refractivity contribution in [3.8, 4) is 0 Å². The minimum atomic E-state index is 0.165. The lowest BCUT2D eigenvalue weighted by Crippen LogP contribution is -2.39. The van der Waals surface area contributed by atoms with Gasteiger partial charge in [0, 0.05) is 29.6 Å². The fourth-order valence-electron chi connectivity index (χ4n) is 3.46. The molecule has 108 valence electrons. The topological polar surface area (TPSA) is 23.6 Å². The maximum Gasteiger partial charge on any atom is 0.255 e. The third kappa shape index (κ3) is 2.51. The molecule has 4 heteroatoms. The second kappa shape index (κ2) is 5.49. The SMILES string of the molecule is Cc1ccc(C(=O)N2CCC3CCC(C2)N3C)c(Br)c1. The van der Waals surface area contributed by atoms with Crippen LogP contribution in [0.15, 0.2) is 22.7 Å². The maximum atomic E-state index is 12.7. The van der Waals surface area contributed by atoms with Gasteiger partial charge < -0.3 is 4.90 Å². The summed E-state index contributed by atoms with van der Waals surface area (Å²) in [5.41, 5.74) is 1.96. The van der Waals surface area contributed by atoms with Crippen molar-refractivity contribution >= 4 is 21.8 Å². The Kier molecular flexibility index (Phi) is 3.87. The first kappa shape index (κ1) is 14.1. The van der Waals surface area contributed by atoms with Gasteiger partial charge in [0.15, 0.2) is 0 Å². The Morgan fingerprint density at radius 3 is 2.75 bits per heavy atom. The summed E-state index contributed by atoms with van der Waals surface area (Å²) in [7, 11) is 2.21. The number of rotatable bonds is 1.